The average Bonchev–Trinajstić information content (AvgIpc) is 2.76. The van der Waals surface area contributed by atoms with E-state index in [1.165, 1.54) is 57.8 Å². The van der Waals surface area contributed by atoms with E-state index in [0.717, 1.165) is 17.1 Å². The third-order valence-electron chi connectivity index (χ3n) is 5.70. The topological polar surface area (TPSA) is 0 Å². The monoisotopic (exact) mass is 250 g/mol. The Hall–Kier alpha value is 0.0900. The molecule has 0 aromatic carbocycles. The van der Waals surface area contributed by atoms with Crippen LogP contribution in [0.25, 0.3) is 0 Å². The third kappa shape index (κ3) is 2.45. The minimum absolute atomic E-state index is 0.680. The first kappa shape index (κ1) is 12.1. The molecule has 17 heavy (non-hydrogen) atoms. The normalized spacial score (nSPS) is 43.4. The first-order chi connectivity index (χ1) is 8.28. The quantitative estimate of drug-likeness (QED) is 0.601. The molecule has 2 fully saturated rings. The van der Waals surface area contributed by atoms with Crippen LogP contribution in [0.1, 0.15) is 64.7 Å². The Morgan fingerprint density at radius 2 is 1.76 bits per heavy atom. The third-order valence-corrected chi connectivity index (χ3v) is 6.95. The maximum atomic E-state index is 2.61. The zero-order chi connectivity index (χ0) is 11.7. The summed E-state index contributed by atoms with van der Waals surface area (Å²) in [7, 11) is 0. The molecule has 0 spiro atoms. The highest BCUT2D eigenvalue weighted by molar-refractivity contribution is 8.03. The van der Waals surface area contributed by atoms with Gasteiger partial charge in [0.2, 0.25) is 0 Å². The van der Waals surface area contributed by atoms with Crippen LogP contribution in [0.3, 0.4) is 0 Å². The molecule has 0 N–H and O–H groups in total. The van der Waals surface area contributed by atoms with E-state index in [0.29, 0.717) is 5.41 Å². The van der Waals surface area contributed by atoms with Gasteiger partial charge in [0, 0.05) is 5.25 Å². The summed E-state index contributed by atoms with van der Waals surface area (Å²) < 4.78 is 0. The molecule has 0 aromatic rings. The van der Waals surface area contributed by atoms with Crippen LogP contribution < -0.4 is 0 Å². The van der Waals surface area contributed by atoms with E-state index in [9.17, 15) is 0 Å². The maximum absolute atomic E-state index is 2.61. The molecule has 0 bridgehead atoms. The lowest BCUT2D eigenvalue weighted by Gasteiger charge is -2.40. The number of fused-ring (bicyclic) bond motifs is 1. The first-order valence-corrected chi connectivity index (χ1v) is 8.54. The van der Waals surface area contributed by atoms with Gasteiger partial charge in [-0.2, -0.15) is 0 Å². The summed E-state index contributed by atoms with van der Waals surface area (Å²) in [5, 5.41) is 3.29. The molecule has 0 amide bonds. The van der Waals surface area contributed by atoms with Gasteiger partial charge in [0.1, 0.15) is 0 Å². The van der Waals surface area contributed by atoms with Crippen molar-refractivity contribution >= 4 is 11.8 Å². The van der Waals surface area contributed by atoms with Crippen molar-refractivity contribution in [3.8, 4) is 0 Å². The molecule has 3 unspecified atom stereocenters. The van der Waals surface area contributed by atoms with Gasteiger partial charge in [-0.3, -0.25) is 0 Å². The van der Waals surface area contributed by atoms with Gasteiger partial charge in [-0.25, -0.2) is 0 Å². The van der Waals surface area contributed by atoms with Crippen molar-refractivity contribution in [2.75, 3.05) is 0 Å². The van der Waals surface area contributed by atoms with Gasteiger partial charge in [0.25, 0.3) is 0 Å². The van der Waals surface area contributed by atoms with E-state index in [2.05, 4.69) is 30.2 Å². The summed E-state index contributed by atoms with van der Waals surface area (Å²) in [6.45, 7) is 2.61. The highest BCUT2D eigenvalue weighted by Gasteiger charge is 2.39. The van der Waals surface area contributed by atoms with Crippen molar-refractivity contribution in [2.45, 2.75) is 70.0 Å². The van der Waals surface area contributed by atoms with E-state index in [1.54, 1.807) is 0 Å². The summed E-state index contributed by atoms with van der Waals surface area (Å²) >= 11 is 2.11. The molecule has 0 saturated heterocycles. The fraction of sp³-hybridized carbons (Fsp3) is 0.875. The van der Waals surface area contributed by atoms with Crippen molar-refractivity contribution in [3.63, 3.8) is 0 Å². The second kappa shape index (κ2) is 4.99. The van der Waals surface area contributed by atoms with E-state index in [-0.39, 0.29) is 0 Å². The summed E-state index contributed by atoms with van der Waals surface area (Å²) in [5.41, 5.74) is 0.680. The summed E-state index contributed by atoms with van der Waals surface area (Å²) in [5.74, 6) is 1.95. The maximum Gasteiger partial charge on any atom is 0.0152 e. The van der Waals surface area contributed by atoms with Crippen molar-refractivity contribution in [1.82, 2.24) is 0 Å². The van der Waals surface area contributed by atoms with Crippen molar-refractivity contribution < 1.29 is 0 Å². The summed E-state index contributed by atoms with van der Waals surface area (Å²) in [6, 6.07) is 0. The number of rotatable bonds is 1. The second-order valence-electron chi connectivity index (χ2n) is 6.73. The number of hydrogen-bond acceptors (Lipinski definition) is 1. The lowest BCUT2D eigenvalue weighted by atomic mass is 9.66. The van der Waals surface area contributed by atoms with Crippen LogP contribution in [-0.2, 0) is 0 Å². The van der Waals surface area contributed by atoms with Gasteiger partial charge in [0.15, 0.2) is 0 Å². The Balaban J connectivity index is 1.68. The standard InChI is InChI=1S/C16H26S/c1-16(14-5-3-2-4-6-14)10-7-13-9-12-17-15(13)8-11-16/h9,12-15H,2-8,10-11H2,1H3. The number of thioether (sulfide) groups is 1. The second-order valence-corrected chi connectivity index (χ2v) is 7.88. The van der Waals surface area contributed by atoms with E-state index >= 15 is 0 Å². The Morgan fingerprint density at radius 1 is 1.00 bits per heavy atom. The molecule has 2 saturated carbocycles. The van der Waals surface area contributed by atoms with E-state index < -0.39 is 0 Å². The Morgan fingerprint density at radius 3 is 2.59 bits per heavy atom. The van der Waals surface area contributed by atoms with Crippen LogP contribution >= 0.6 is 11.8 Å². The summed E-state index contributed by atoms with van der Waals surface area (Å²) in [6.07, 6.45) is 15.9. The van der Waals surface area contributed by atoms with Gasteiger partial charge >= 0.3 is 0 Å². The Bertz CT molecular complexity index is 290. The van der Waals surface area contributed by atoms with E-state index in [4.69, 9.17) is 0 Å². The fourth-order valence-electron chi connectivity index (χ4n) is 4.34. The minimum Gasteiger partial charge on any atom is -0.130 e. The highest BCUT2D eigenvalue weighted by atomic mass is 32.2. The van der Waals surface area contributed by atoms with Crippen molar-refractivity contribution in [2.24, 2.45) is 17.3 Å². The van der Waals surface area contributed by atoms with Gasteiger partial charge in [-0.05, 0) is 61.2 Å². The first-order valence-electron chi connectivity index (χ1n) is 7.60. The van der Waals surface area contributed by atoms with Crippen LogP contribution in [0.15, 0.2) is 11.5 Å². The van der Waals surface area contributed by atoms with Crippen LogP contribution in [0.4, 0.5) is 0 Å². The van der Waals surface area contributed by atoms with E-state index in [1.807, 2.05) is 0 Å². The molecule has 1 heterocycles. The van der Waals surface area contributed by atoms with Gasteiger partial charge in [-0.15, -0.1) is 11.8 Å². The highest BCUT2D eigenvalue weighted by Crippen LogP contribution is 2.51. The minimum atomic E-state index is 0.680. The molecule has 0 nitrogen and oxygen atoms in total. The van der Waals surface area contributed by atoms with Gasteiger partial charge < -0.3 is 0 Å². The van der Waals surface area contributed by atoms with Crippen LogP contribution in [0.5, 0.6) is 0 Å². The van der Waals surface area contributed by atoms with Crippen LogP contribution in [0.2, 0.25) is 0 Å². The van der Waals surface area contributed by atoms with Crippen LogP contribution in [0, 0.1) is 17.3 Å². The molecule has 2 aliphatic carbocycles. The molecule has 3 rings (SSSR count). The fourth-order valence-corrected chi connectivity index (χ4v) is 5.51. The summed E-state index contributed by atoms with van der Waals surface area (Å²) in [4.78, 5) is 0. The SMILES string of the molecule is CC1(C2CCCCC2)CCC2C=CSC2CC1. The Labute approximate surface area is 111 Å². The smallest absolute Gasteiger partial charge is 0.0152 e. The lowest BCUT2D eigenvalue weighted by Crippen LogP contribution is -2.29. The van der Waals surface area contributed by atoms with Crippen LogP contribution in [-0.4, -0.2) is 5.25 Å². The predicted octanol–water partition coefficient (Wildman–Crippen LogP) is 5.39. The lowest BCUT2D eigenvalue weighted by molar-refractivity contribution is 0.115. The number of hydrogen-bond donors (Lipinski definition) is 0. The molecular formula is C16H26S. The molecular weight excluding hydrogens is 224 g/mol. The van der Waals surface area contributed by atoms with Crippen molar-refractivity contribution in [3.05, 3.63) is 11.5 Å². The Kier molecular flexibility index (Phi) is 3.57. The zero-order valence-corrected chi connectivity index (χ0v) is 12.0. The van der Waals surface area contributed by atoms with Gasteiger partial charge in [-0.1, -0.05) is 32.3 Å². The molecule has 3 aliphatic rings. The van der Waals surface area contributed by atoms with Gasteiger partial charge in [0.05, 0.1) is 0 Å². The average molecular weight is 250 g/mol. The molecule has 0 aromatic heterocycles. The molecule has 96 valence electrons. The van der Waals surface area contributed by atoms with Crippen molar-refractivity contribution in [1.29, 1.82) is 0 Å². The number of allylic oxidation sites excluding steroid dienone is 1. The molecule has 0 radical (unpaired) electrons. The predicted molar refractivity (Wildman–Crippen MR) is 77.2 cm³/mol. The molecule has 1 heteroatoms. The zero-order valence-electron chi connectivity index (χ0n) is 11.2. The molecule has 1 aliphatic heterocycles. The largest absolute Gasteiger partial charge is 0.130 e. The molecule has 3 atom stereocenters.